The summed E-state index contributed by atoms with van der Waals surface area (Å²) in [5.74, 6) is 1.03. The van der Waals surface area contributed by atoms with Gasteiger partial charge in [-0.05, 0) is 37.1 Å². The smallest absolute Gasteiger partial charge is 0.137 e. The Hall–Kier alpha value is -2.02. The normalized spacial score (nSPS) is 11.0. The molecule has 0 atom stereocenters. The Kier molecular flexibility index (Phi) is 2.67. The van der Waals surface area contributed by atoms with Crippen molar-refractivity contribution in [2.24, 2.45) is 0 Å². The third-order valence-corrected chi connectivity index (χ3v) is 3.22. The van der Waals surface area contributed by atoms with Gasteiger partial charge in [0.05, 0.1) is 0 Å². The van der Waals surface area contributed by atoms with Crippen molar-refractivity contribution in [3.8, 4) is 0 Å². The summed E-state index contributed by atoms with van der Waals surface area (Å²) in [4.78, 5) is 0. The monoisotopic (exact) mass is 236 g/mol. The first-order valence-corrected chi connectivity index (χ1v) is 6.26. The van der Waals surface area contributed by atoms with Gasteiger partial charge in [-0.1, -0.05) is 42.0 Å². The molecule has 0 saturated carbocycles. The molecule has 1 heteroatoms. The van der Waals surface area contributed by atoms with Gasteiger partial charge in [-0.2, -0.15) is 0 Å². The lowest BCUT2D eigenvalue weighted by molar-refractivity contribution is 0.560. The lowest BCUT2D eigenvalue weighted by atomic mass is 10.1. The van der Waals surface area contributed by atoms with Crippen LogP contribution in [0.2, 0.25) is 0 Å². The molecule has 18 heavy (non-hydrogen) atoms. The van der Waals surface area contributed by atoms with E-state index in [1.54, 1.807) is 0 Å². The van der Waals surface area contributed by atoms with Crippen molar-refractivity contribution in [2.45, 2.75) is 20.3 Å². The molecular weight excluding hydrogens is 220 g/mol. The van der Waals surface area contributed by atoms with Crippen LogP contribution in [0.25, 0.3) is 11.0 Å². The SMILES string of the molecule is Cc1cc(C)c2oc(Cc3ccccc3)cc2c1. The van der Waals surface area contributed by atoms with Gasteiger partial charge < -0.3 is 4.42 Å². The van der Waals surface area contributed by atoms with Crippen LogP contribution in [0.5, 0.6) is 0 Å². The fourth-order valence-electron chi connectivity index (χ4n) is 2.45. The van der Waals surface area contributed by atoms with Crippen molar-refractivity contribution in [3.05, 3.63) is 71.0 Å². The number of rotatable bonds is 2. The van der Waals surface area contributed by atoms with E-state index in [4.69, 9.17) is 4.42 Å². The van der Waals surface area contributed by atoms with Crippen molar-refractivity contribution >= 4 is 11.0 Å². The van der Waals surface area contributed by atoms with E-state index >= 15 is 0 Å². The van der Waals surface area contributed by atoms with Crippen LogP contribution in [0.4, 0.5) is 0 Å². The molecule has 0 amide bonds. The fraction of sp³-hybridized carbons (Fsp3) is 0.176. The second-order valence-electron chi connectivity index (χ2n) is 4.88. The maximum Gasteiger partial charge on any atom is 0.137 e. The maximum atomic E-state index is 5.96. The highest BCUT2D eigenvalue weighted by Gasteiger charge is 2.07. The number of furan rings is 1. The Balaban J connectivity index is 2.01. The summed E-state index contributed by atoms with van der Waals surface area (Å²) in [6, 6.07) is 16.9. The molecule has 2 aromatic carbocycles. The summed E-state index contributed by atoms with van der Waals surface area (Å²) >= 11 is 0. The van der Waals surface area contributed by atoms with Gasteiger partial charge in [0.2, 0.25) is 0 Å². The first-order chi connectivity index (χ1) is 8.72. The molecule has 0 saturated heterocycles. The van der Waals surface area contributed by atoms with Crippen molar-refractivity contribution < 1.29 is 4.42 Å². The molecule has 0 radical (unpaired) electrons. The quantitative estimate of drug-likeness (QED) is 0.631. The number of fused-ring (bicyclic) bond motifs is 1. The minimum Gasteiger partial charge on any atom is -0.460 e. The zero-order valence-corrected chi connectivity index (χ0v) is 10.7. The molecule has 1 aromatic heterocycles. The zero-order chi connectivity index (χ0) is 12.5. The molecule has 0 aliphatic rings. The molecule has 0 aliphatic carbocycles. The van der Waals surface area contributed by atoms with E-state index in [9.17, 15) is 0 Å². The lowest BCUT2D eigenvalue weighted by Gasteiger charge is -1.97. The van der Waals surface area contributed by atoms with Gasteiger partial charge in [0.15, 0.2) is 0 Å². The van der Waals surface area contributed by atoms with Crippen LogP contribution in [0, 0.1) is 13.8 Å². The molecule has 1 heterocycles. The summed E-state index contributed by atoms with van der Waals surface area (Å²) in [5.41, 5.74) is 4.80. The molecule has 3 aromatic rings. The van der Waals surface area contributed by atoms with Crippen LogP contribution in [-0.4, -0.2) is 0 Å². The van der Waals surface area contributed by atoms with E-state index in [0.29, 0.717) is 0 Å². The minimum atomic E-state index is 0.855. The van der Waals surface area contributed by atoms with Crippen LogP contribution >= 0.6 is 0 Å². The molecule has 1 nitrogen and oxygen atoms in total. The average molecular weight is 236 g/mol. The van der Waals surface area contributed by atoms with Gasteiger partial charge in [-0.25, -0.2) is 0 Å². The highest BCUT2D eigenvalue weighted by molar-refractivity contribution is 5.81. The van der Waals surface area contributed by atoms with Gasteiger partial charge in [-0.3, -0.25) is 0 Å². The third kappa shape index (κ3) is 2.04. The largest absolute Gasteiger partial charge is 0.460 e. The van der Waals surface area contributed by atoms with E-state index in [-0.39, 0.29) is 0 Å². The summed E-state index contributed by atoms with van der Waals surface area (Å²) in [6.45, 7) is 4.22. The second-order valence-corrected chi connectivity index (χ2v) is 4.88. The molecule has 0 aliphatic heterocycles. The Labute approximate surface area is 107 Å². The summed E-state index contributed by atoms with van der Waals surface area (Å²) < 4.78 is 5.96. The number of benzene rings is 2. The second kappa shape index (κ2) is 4.34. The first kappa shape index (κ1) is 11.1. The fourth-order valence-corrected chi connectivity index (χ4v) is 2.45. The molecular formula is C17H16O. The number of hydrogen-bond donors (Lipinski definition) is 0. The number of aryl methyl sites for hydroxylation is 2. The van der Waals surface area contributed by atoms with E-state index in [0.717, 1.165) is 17.8 Å². The van der Waals surface area contributed by atoms with Crippen molar-refractivity contribution in [2.75, 3.05) is 0 Å². The lowest BCUT2D eigenvalue weighted by Crippen LogP contribution is -1.83. The molecule has 0 N–H and O–H groups in total. The van der Waals surface area contributed by atoms with Gasteiger partial charge in [0.1, 0.15) is 11.3 Å². The highest BCUT2D eigenvalue weighted by atomic mass is 16.3. The Morgan fingerprint density at radius 1 is 0.944 bits per heavy atom. The Morgan fingerprint density at radius 3 is 2.50 bits per heavy atom. The molecule has 3 rings (SSSR count). The van der Waals surface area contributed by atoms with E-state index in [1.165, 1.54) is 22.1 Å². The third-order valence-electron chi connectivity index (χ3n) is 3.22. The predicted molar refractivity (Wildman–Crippen MR) is 74.9 cm³/mol. The van der Waals surface area contributed by atoms with Crippen LogP contribution in [0.3, 0.4) is 0 Å². The summed E-state index contributed by atoms with van der Waals surface area (Å²) in [6.07, 6.45) is 0.855. The van der Waals surface area contributed by atoms with Crippen molar-refractivity contribution in [3.63, 3.8) is 0 Å². The molecule has 0 unspecified atom stereocenters. The van der Waals surface area contributed by atoms with E-state index < -0.39 is 0 Å². The zero-order valence-electron chi connectivity index (χ0n) is 10.7. The molecule has 0 spiro atoms. The molecule has 0 fully saturated rings. The Morgan fingerprint density at radius 2 is 1.72 bits per heavy atom. The van der Waals surface area contributed by atoms with Crippen molar-refractivity contribution in [1.82, 2.24) is 0 Å². The summed E-state index contributed by atoms with van der Waals surface area (Å²) in [7, 11) is 0. The topological polar surface area (TPSA) is 13.1 Å². The van der Waals surface area contributed by atoms with E-state index in [2.05, 4.69) is 56.3 Å². The molecule has 0 bridgehead atoms. The molecule has 90 valence electrons. The van der Waals surface area contributed by atoms with Crippen LogP contribution in [-0.2, 0) is 6.42 Å². The van der Waals surface area contributed by atoms with Crippen LogP contribution in [0.1, 0.15) is 22.5 Å². The first-order valence-electron chi connectivity index (χ1n) is 6.26. The van der Waals surface area contributed by atoms with Gasteiger partial charge in [0.25, 0.3) is 0 Å². The van der Waals surface area contributed by atoms with Gasteiger partial charge in [0, 0.05) is 11.8 Å². The predicted octanol–water partition coefficient (Wildman–Crippen LogP) is 4.64. The van der Waals surface area contributed by atoms with Gasteiger partial charge >= 0.3 is 0 Å². The van der Waals surface area contributed by atoms with E-state index in [1.807, 2.05) is 6.07 Å². The van der Waals surface area contributed by atoms with Crippen LogP contribution in [0.15, 0.2) is 52.9 Å². The highest BCUT2D eigenvalue weighted by Crippen LogP contribution is 2.25. The maximum absolute atomic E-state index is 5.96. The standard InChI is InChI=1S/C17H16O/c1-12-8-13(2)17-15(9-12)11-16(18-17)10-14-6-4-3-5-7-14/h3-9,11H,10H2,1-2H3. The number of hydrogen-bond acceptors (Lipinski definition) is 1. The minimum absolute atomic E-state index is 0.855. The Bertz CT molecular complexity index is 677. The van der Waals surface area contributed by atoms with Crippen LogP contribution < -0.4 is 0 Å². The summed E-state index contributed by atoms with van der Waals surface area (Å²) in [5, 5.41) is 1.21. The average Bonchev–Trinajstić information content (AvgIpc) is 2.73. The van der Waals surface area contributed by atoms with Gasteiger partial charge in [-0.15, -0.1) is 0 Å². The van der Waals surface area contributed by atoms with Crippen molar-refractivity contribution in [1.29, 1.82) is 0 Å².